The summed E-state index contributed by atoms with van der Waals surface area (Å²) in [7, 11) is 1.69. The Balaban J connectivity index is 3.01. The van der Waals surface area contributed by atoms with E-state index in [0.717, 1.165) is 0 Å². The Morgan fingerprint density at radius 2 is 1.96 bits per heavy atom. The number of hydrogen-bond donors (Lipinski definition) is 1. The molecule has 7 nitrogen and oxygen atoms in total. The minimum absolute atomic E-state index is 0.114. The molecule has 1 rings (SSSR count). The number of hydrogen-bond acceptors (Lipinski definition) is 7. The Kier molecular flexibility index (Phi) is 8.02. The summed E-state index contributed by atoms with van der Waals surface area (Å²) in [5.74, 6) is -0.305. The van der Waals surface area contributed by atoms with Gasteiger partial charge in [-0.1, -0.05) is 13.8 Å². The van der Waals surface area contributed by atoms with Gasteiger partial charge in [-0.2, -0.15) is 0 Å². The molecule has 2 atom stereocenters. The number of rotatable bonds is 7. The second-order valence-electron chi connectivity index (χ2n) is 7.57. The van der Waals surface area contributed by atoms with Crippen LogP contribution in [0.3, 0.4) is 0 Å². The summed E-state index contributed by atoms with van der Waals surface area (Å²) in [6.07, 6.45) is -0.617. The number of aliphatic hydroxyl groups excluding tert-OH is 1. The van der Waals surface area contributed by atoms with Crippen molar-refractivity contribution < 1.29 is 24.2 Å². The highest BCUT2D eigenvalue weighted by Crippen LogP contribution is 2.30. The van der Waals surface area contributed by atoms with E-state index < -0.39 is 23.8 Å². The quantitative estimate of drug-likeness (QED) is 0.721. The topological polar surface area (TPSA) is 89.0 Å². The maximum absolute atomic E-state index is 12.4. The lowest BCUT2D eigenvalue weighted by Gasteiger charge is -2.34. The van der Waals surface area contributed by atoms with Crippen LogP contribution in [0.4, 0.5) is 4.79 Å². The van der Waals surface area contributed by atoms with Crippen molar-refractivity contribution in [3.05, 3.63) is 16.1 Å². The summed E-state index contributed by atoms with van der Waals surface area (Å²) in [5.41, 5.74) is -0.0585. The fourth-order valence-electron chi connectivity index (χ4n) is 2.51. The predicted octanol–water partition coefficient (Wildman–Crippen LogP) is 3.52. The molecule has 0 bridgehead atoms. The molecule has 0 radical (unpaired) electrons. The van der Waals surface area contributed by atoms with Crippen molar-refractivity contribution in [3.8, 4) is 0 Å². The van der Waals surface area contributed by atoms with E-state index in [1.54, 1.807) is 17.3 Å². The number of ether oxygens (including phenoxy) is 2. The third-order valence-corrected chi connectivity index (χ3v) is 4.70. The lowest BCUT2D eigenvalue weighted by molar-refractivity contribution is -0.147. The first-order chi connectivity index (χ1) is 11.9. The van der Waals surface area contributed by atoms with Gasteiger partial charge in [0.1, 0.15) is 10.6 Å². The molecule has 1 N–H and O–H groups in total. The zero-order valence-corrected chi connectivity index (χ0v) is 17.4. The number of esters is 1. The van der Waals surface area contributed by atoms with Crippen molar-refractivity contribution in [2.75, 3.05) is 7.05 Å². The normalized spacial score (nSPS) is 14.0. The summed E-state index contributed by atoms with van der Waals surface area (Å²) in [6, 6.07) is -0.212. The smallest absolute Gasteiger partial charge is 0.410 e. The molecule has 0 fully saturated rings. The molecule has 1 heterocycles. The van der Waals surface area contributed by atoms with Crippen LogP contribution in [0.5, 0.6) is 0 Å². The number of amides is 1. The molecule has 26 heavy (non-hydrogen) atoms. The zero-order chi connectivity index (χ0) is 20.1. The van der Waals surface area contributed by atoms with Crippen LogP contribution >= 0.6 is 11.3 Å². The molecule has 0 unspecified atom stereocenters. The van der Waals surface area contributed by atoms with Gasteiger partial charge in [-0.15, -0.1) is 11.3 Å². The Morgan fingerprint density at radius 3 is 2.38 bits per heavy atom. The Hall–Kier alpha value is -1.67. The van der Waals surface area contributed by atoms with E-state index in [-0.39, 0.29) is 18.6 Å². The van der Waals surface area contributed by atoms with Gasteiger partial charge in [-0.25, -0.2) is 9.78 Å². The van der Waals surface area contributed by atoms with Gasteiger partial charge in [0.15, 0.2) is 6.10 Å². The predicted molar refractivity (Wildman–Crippen MR) is 99.8 cm³/mol. The second-order valence-corrected chi connectivity index (χ2v) is 8.46. The Labute approximate surface area is 159 Å². The number of thiazole rings is 1. The number of aromatic nitrogens is 1. The van der Waals surface area contributed by atoms with E-state index in [2.05, 4.69) is 4.98 Å². The maximum Gasteiger partial charge on any atom is 0.410 e. The van der Waals surface area contributed by atoms with Crippen LogP contribution in [0.25, 0.3) is 0 Å². The molecule has 0 saturated heterocycles. The van der Waals surface area contributed by atoms with Gasteiger partial charge in [0, 0.05) is 31.8 Å². The van der Waals surface area contributed by atoms with Gasteiger partial charge >= 0.3 is 12.1 Å². The van der Waals surface area contributed by atoms with E-state index >= 15 is 0 Å². The standard InChI is InChI=1S/C18H30N2O5S/c1-11(2)14(20(7)17(23)25-18(4,5)6)8-15(24-12(3)22)16-19-13(9-21)10-26-16/h10-11,14-15,21H,8-9H2,1-7H3/t14-,15-/m1/s1. The molecule has 8 heteroatoms. The summed E-state index contributed by atoms with van der Waals surface area (Å²) >= 11 is 1.33. The Bertz CT molecular complexity index is 609. The van der Waals surface area contributed by atoms with E-state index in [0.29, 0.717) is 17.1 Å². The first kappa shape index (κ1) is 22.4. The lowest BCUT2D eigenvalue weighted by Crippen LogP contribution is -2.44. The minimum atomic E-state index is -0.590. The van der Waals surface area contributed by atoms with Crippen molar-refractivity contribution in [3.63, 3.8) is 0 Å². The highest BCUT2D eigenvalue weighted by Gasteiger charge is 2.32. The van der Waals surface area contributed by atoms with Crippen molar-refractivity contribution in [2.24, 2.45) is 5.92 Å². The van der Waals surface area contributed by atoms with Crippen molar-refractivity contribution in [2.45, 2.75) is 72.3 Å². The van der Waals surface area contributed by atoms with Gasteiger partial charge < -0.3 is 19.5 Å². The van der Waals surface area contributed by atoms with Crippen molar-refractivity contribution in [1.29, 1.82) is 0 Å². The Morgan fingerprint density at radius 1 is 1.35 bits per heavy atom. The highest BCUT2D eigenvalue weighted by atomic mass is 32.1. The van der Waals surface area contributed by atoms with Crippen LogP contribution in [-0.4, -0.2) is 45.7 Å². The minimum Gasteiger partial charge on any atom is -0.455 e. The highest BCUT2D eigenvalue weighted by molar-refractivity contribution is 7.09. The van der Waals surface area contributed by atoms with Crippen LogP contribution in [0.1, 0.15) is 64.8 Å². The molecule has 0 aliphatic carbocycles. The summed E-state index contributed by atoms with van der Waals surface area (Å²) in [5, 5.41) is 11.6. The maximum atomic E-state index is 12.4. The number of aliphatic hydroxyl groups is 1. The summed E-state index contributed by atoms with van der Waals surface area (Å²) in [4.78, 5) is 29.9. The number of carbonyl (C=O) groups excluding carboxylic acids is 2. The molecule has 0 aliphatic heterocycles. The third kappa shape index (κ3) is 6.92. The van der Waals surface area contributed by atoms with Crippen LogP contribution < -0.4 is 0 Å². The molecule has 1 amide bonds. The first-order valence-electron chi connectivity index (χ1n) is 8.62. The number of nitrogens with zero attached hydrogens (tertiary/aromatic N) is 2. The average molecular weight is 387 g/mol. The molecular weight excluding hydrogens is 356 g/mol. The molecule has 1 aromatic heterocycles. The fraction of sp³-hybridized carbons (Fsp3) is 0.722. The van der Waals surface area contributed by atoms with Gasteiger partial charge in [-0.3, -0.25) is 4.79 Å². The van der Waals surface area contributed by atoms with E-state index in [4.69, 9.17) is 9.47 Å². The SMILES string of the molecule is CC(=O)O[C@H](C[C@H](C(C)C)N(C)C(=O)OC(C)(C)C)c1nc(CO)cs1. The van der Waals surface area contributed by atoms with Crippen molar-refractivity contribution >= 4 is 23.4 Å². The van der Waals surface area contributed by atoms with Crippen LogP contribution in [0, 0.1) is 5.92 Å². The van der Waals surface area contributed by atoms with Gasteiger partial charge in [0.2, 0.25) is 0 Å². The monoisotopic (exact) mass is 386 g/mol. The molecule has 0 aliphatic rings. The first-order valence-corrected chi connectivity index (χ1v) is 9.50. The van der Waals surface area contributed by atoms with E-state index in [9.17, 15) is 14.7 Å². The van der Waals surface area contributed by atoms with E-state index in [1.807, 2.05) is 34.6 Å². The third-order valence-electron chi connectivity index (χ3n) is 3.72. The molecule has 148 valence electrons. The summed E-state index contributed by atoms with van der Waals surface area (Å²) in [6.45, 7) is 10.6. The van der Waals surface area contributed by atoms with Crippen molar-refractivity contribution in [1.82, 2.24) is 9.88 Å². The zero-order valence-electron chi connectivity index (χ0n) is 16.6. The van der Waals surface area contributed by atoms with Crippen LogP contribution in [-0.2, 0) is 20.9 Å². The van der Waals surface area contributed by atoms with Crippen LogP contribution in [0.15, 0.2) is 5.38 Å². The van der Waals surface area contributed by atoms with Gasteiger partial charge in [0.05, 0.1) is 12.3 Å². The molecule has 0 spiro atoms. The molecule has 0 aromatic carbocycles. The summed E-state index contributed by atoms with van der Waals surface area (Å²) < 4.78 is 10.9. The van der Waals surface area contributed by atoms with Gasteiger partial charge in [0.25, 0.3) is 0 Å². The molecular formula is C18H30N2O5S. The largest absolute Gasteiger partial charge is 0.455 e. The fourth-order valence-corrected chi connectivity index (χ4v) is 3.36. The molecule has 1 aromatic rings. The molecule has 0 saturated carbocycles. The van der Waals surface area contributed by atoms with Gasteiger partial charge in [-0.05, 0) is 26.7 Å². The second kappa shape index (κ2) is 9.32. The lowest BCUT2D eigenvalue weighted by atomic mass is 9.96. The van der Waals surface area contributed by atoms with E-state index in [1.165, 1.54) is 18.3 Å². The average Bonchev–Trinajstić information content (AvgIpc) is 2.97. The number of carbonyl (C=O) groups is 2. The van der Waals surface area contributed by atoms with Crippen LogP contribution in [0.2, 0.25) is 0 Å².